The monoisotopic (exact) mass is 270 g/mol. The molecule has 1 aromatic carbocycles. The van der Waals surface area contributed by atoms with Crippen LogP contribution in [0.4, 0.5) is 8.78 Å². The quantitative estimate of drug-likeness (QED) is 0.759. The average Bonchev–Trinajstić information content (AvgIpc) is 2.26. The second-order valence-electron chi connectivity index (χ2n) is 2.94. The summed E-state index contributed by atoms with van der Waals surface area (Å²) in [5.41, 5.74) is 0.730. The maximum atomic E-state index is 12.0. The van der Waals surface area contributed by atoms with E-state index in [1.54, 1.807) is 12.1 Å². The van der Waals surface area contributed by atoms with Gasteiger partial charge >= 0.3 is 0 Å². The topological polar surface area (TPSA) is 18.5 Å². The van der Waals surface area contributed by atoms with Gasteiger partial charge in [0.25, 0.3) is 6.43 Å². The van der Waals surface area contributed by atoms with Crippen LogP contribution in [0.15, 0.2) is 12.1 Å². The third-order valence-electron chi connectivity index (χ3n) is 1.80. The van der Waals surface area contributed by atoms with Crippen LogP contribution in [0.25, 0.3) is 0 Å². The molecule has 2 nitrogen and oxygen atoms in total. The highest BCUT2D eigenvalue weighted by atomic mass is 35.5. The largest absolute Gasteiger partial charge is 0.493 e. The van der Waals surface area contributed by atoms with Crippen molar-refractivity contribution in [3.05, 3.63) is 22.7 Å². The summed E-state index contributed by atoms with van der Waals surface area (Å²) in [7, 11) is 1.40. The first-order valence-corrected chi connectivity index (χ1v) is 5.33. The first kappa shape index (κ1) is 13.3. The summed E-state index contributed by atoms with van der Waals surface area (Å²) in [6, 6.07) is 3.15. The molecule has 0 unspecified atom stereocenters. The molecule has 0 N–H and O–H groups in total. The second-order valence-corrected chi connectivity index (χ2v) is 3.62. The van der Waals surface area contributed by atoms with Gasteiger partial charge in [0, 0.05) is 5.88 Å². The van der Waals surface area contributed by atoms with Crippen LogP contribution < -0.4 is 9.47 Å². The first-order chi connectivity index (χ1) is 7.58. The maximum absolute atomic E-state index is 12.0. The van der Waals surface area contributed by atoms with Gasteiger partial charge in [-0.05, 0) is 17.7 Å². The van der Waals surface area contributed by atoms with Crippen LogP contribution in [-0.4, -0.2) is 20.1 Å². The van der Waals surface area contributed by atoms with Crippen molar-refractivity contribution < 1.29 is 18.3 Å². The van der Waals surface area contributed by atoms with E-state index < -0.39 is 13.0 Å². The normalized spacial score (nSPS) is 10.6. The number of methoxy groups -OCH3 is 1. The highest BCUT2D eigenvalue weighted by Gasteiger charge is 2.13. The molecule has 6 heteroatoms. The van der Waals surface area contributed by atoms with Gasteiger partial charge in [-0.1, -0.05) is 11.6 Å². The van der Waals surface area contributed by atoms with Crippen LogP contribution in [-0.2, 0) is 5.88 Å². The Morgan fingerprint density at radius 2 is 2.06 bits per heavy atom. The van der Waals surface area contributed by atoms with Gasteiger partial charge in [0.1, 0.15) is 6.61 Å². The summed E-state index contributed by atoms with van der Waals surface area (Å²) in [6.07, 6.45) is -2.56. The minimum Gasteiger partial charge on any atom is -0.493 e. The molecule has 0 bridgehead atoms. The highest BCUT2D eigenvalue weighted by molar-refractivity contribution is 6.32. The van der Waals surface area contributed by atoms with Gasteiger partial charge in [0.15, 0.2) is 11.5 Å². The molecule has 0 atom stereocenters. The summed E-state index contributed by atoms with van der Waals surface area (Å²) in [5, 5.41) is 0.204. The first-order valence-electron chi connectivity index (χ1n) is 4.41. The molecule has 16 heavy (non-hydrogen) atoms. The fraction of sp³-hybridized carbons (Fsp3) is 0.400. The van der Waals surface area contributed by atoms with Gasteiger partial charge < -0.3 is 9.47 Å². The van der Waals surface area contributed by atoms with Crippen LogP contribution in [0.3, 0.4) is 0 Å². The lowest BCUT2D eigenvalue weighted by atomic mass is 10.2. The Morgan fingerprint density at radius 3 is 2.56 bits per heavy atom. The zero-order valence-corrected chi connectivity index (χ0v) is 9.99. The molecule has 1 rings (SSSR count). The molecule has 0 aliphatic rings. The van der Waals surface area contributed by atoms with E-state index in [0.29, 0.717) is 5.75 Å². The molecule has 0 saturated heterocycles. The van der Waals surface area contributed by atoms with Crippen molar-refractivity contribution in [2.24, 2.45) is 0 Å². The minimum absolute atomic E-state index is 0.110. The highest BCUT2D eigenvalue weighted by Crippen LogP contribution is 2.36. The smallest absolute Gasteiger partial charge is 0.272 e. The zero-order valence-electron chi connectivity index (χ0n) is 8.47. The number of ether oxygens (including phenoxy) is 2. The van der Waals surface area contributed by atoms with Gasteiger partial charge in [0.05, 0.1) is 12.1 Å². The van der Waals surface area contributed by atoms with Crippen molar-refractivity contribution >= 4 is 23.2 Å². The van der Waals surface area contributed by atoms with Crippen LogP contribution in [0.1, 0.15) is 5.56 Å². The molecule has 0 saturated carbocycles. The lowest BCUT2D eigenvalue weighted by Crippen LogP contribution is -2.08. The summed E-state index contributed by atoms with van der Waals surface area (Å²) < 4.78 is 33.9. The lowest BCUT2D eigenvalue weighted by Gasteiger charge is -2.13. The van der Waals surface area contributed by atoms with Crippen molar-refractivity contribution in [2.75, 3.05) is 13.7 Å². The van der Waals surface area contributed by atoms with Gasteiger partial charge in [-0.3, -0.25) is 0 Å². The lowest BCUT2D eigenvalue weighted by molar-refractivity contribution is 0.0805. The number of hydrogen-bond donors (Lipinski definition) is 0. The Bertz CT molecular complexity index is 359. The van der Waals surface area contributed by atoms with Crippen molar-refractivity contribution in [3.8, 4) is 11.5 Å². The third-order valence-corrected chi connectivity index (χ3v) is 2.39. The Hall–Kier alpha value is -0.740. The summed E-state index contributed by atoms with van der Waals surface area (Å²) >= 11 is 11.5. The fourth-order valence-corrected chi connectivity index (χ4v) is 1.58. The fourth-order valence-electron chi connectivity index (χ4n) is 1.14. The maximum Gasteiger partial charge on any atom is 0.272 e. The molecule has 0 fully saturated rings. The van der Waals surface area contributed by atoms with Crippen LogP contribution >= 0.6 is 23.2 Å². The van der Waals surface area contributed by atoms with Crippen molar-refractivity contribution in [1.29, 1.82) is 0 Å². The van der Waals surface area contributed by atoms with Crippen LogP contribution in [0.5, 0.6) is 11.5 Å². The van der Waals surface area contributed by atoms with E-state index in [2.05, 4.69) is 0 Å². The van der Waals surface area contributed by atoms with E-state index in [4.69, 9.17) is 32.7 Å². The second kappa shape index (κ2) is 6.11. The summed E-state index contributed by atoms with van der Waals surface area (Å²) in [6.45, 7) is -0.726. The number of alkyl halides is 3. The number of hydrogen-bond acceptors (Lipinski definition) is 2. The molecular weight excluding hydrogens is 261 g/mol. The summed E-state index contributed by atoms with van der Waals surface area (Å²) in [5.74, 6) is 0.660. The predicted molar refractivity (Wildman–Crippen MR) is 59.1 cm³/mol. The molecule has 90 valence electrons. The molecule has 0 aliphatic heterocycles. The van der Waals surface area contributed by atoms with Gasteiger partial charge in [-0.25, -0.2) is 8.78 Å². The number of halogens is 4. The molecule has 0 radical (unpaired) electrons. The third kappa shape index (κ3) is 3.39. The number of rotatable bonds is 5. The van der Waals surface area contributed by atoms with Gasteiger partial charge in [-0.15, -0.1) is 11.6 Å². The Balaban J connectivity index is 2.97. The standard InChI is InChI=1S/C10H10Cl2F2O2/c1-15-8-3-6(4-11)2-7(12)10(8)16-5-9(13)14/h2-3,9H,4-5H2,1H3. The summed E-state index contributed by atoms with van der Waals surface area (Å²) in [4.78, 5) is 0. The van der Waals surface area contributed by atoms with Crippen LogP contribution in [0.2, 0.25) is 5.02 Å². The van der Waals surface area contributed by atoms with Crippen molar-refractivity contribution in [2.45, 2.75) is 12.3 Å². The molecule has 0 amide bonds. The SMILES string of the molecule is COc1cc(CCl)cc(Cl)c1OCC(F)F. The van der Waals surface area contributed by atoms with E-state index in [-0.39, 0.29) is 16.7 Å². The molecule has 0 spiro atoms. The predicted octanol–water partition coefficient (Wildman–Crippen LogP) is 3.73. The van der Waals surface area contributed by atoms with E-state index in [0.717, 1.165) is 5.56 Å². The molecular formula is C10H10Cl2F2O2. The number of benzene rings is 1. The Labute approximate surface area is 102 Å². The van der Waals surface area contributed by atoms with Crippen molar-refractivity contribution in [3.63, 3.8) is 0 Å². The van der Waals surface area contributed by atoms with E-state index in [1.807, 2.05) is 0 Å². The van der Waals surface area contributed by atoms with Gasteiger partial charge in [-0.2, -0.15) is 0 Å². The van der Waals surface area contributed by atoms with Gasteiger partial charge in [0.2, 0.25) is 0 Å². The van der Waals surface area contributed by atoms with E-state index in [1.165, 1.54) is 7.11 Å². The Morgan fingerprint density at radius 1 is 1.38 bits per heavy atom. The molecule has 1 aromatic rings. The molecule has 0 aliphatic carbocycles. The average molecular weight is 271 g/mol. The van der Waals surface area contributed by atoms with E-state index >= 15 is 0 Å². The minimum atomic E-state index is -2.56. The van der Waals surface area contributed by atoms with E-state index in [9.17, 15) is 8.78 Å². The zero-order chi connectivity index (χ0) is 12.1. The molecule has 0 aromatic heterocycles. The molecule has 0 heterocycles. The van der Waals surface area contributed by atoms with Crippen molar-refractivity contribution in [1.82, 2.24) is 0 Å². The van der Waals surface area contributed by atoms with Crippen LogP contribution in [0, 0.1) is 0 Å². The Kier molecular flexibility index (Phi) is 5.09.